The lowest BCUT2D eigenvalue weighted by molar-refractivity contribution is 1.08. The minimum Gasteiger partial charge on any atom is -0.377 e. The highest BCUT2D eigenvalue weighted by atomic mass is 35.6. The van der Waals surface area contributed by atoms with Gasteiger partial charge in [-0.05, 0) is 89.4 Å². The molecule has 0 aliphatic rings. The molecule has 0 spiro atoms. The fourth-order valence-corrected chi connectivity index (χ4v) is 9.93. The van der Waals surface area contributed by atoms with Crippen molar-refractivity contribution in [1.82, 2.24) is 0 Å². The number of hydrogen-bond donors (Lipinski definition) is 0. The van der Waals surface area contributed by atoms with E-state index in [1.807, 2.05) is 0 Å². The second-order valence-corrected chi connectivity index (χ2v) is 17.2. The molecule has 0 aromatic heterocycles. The van der Waals surface area contributed by atoms with Crippen LogP contribution < -0.4 is 45.0 Å². The molecule has 0 heterocycles. The smallest absolute Gasteiger partial charge is 0.248 e. The van der Waals surface area contributed by atoms with Gasteiger partial charge in [0.1, 0.15) is 0 Å². The molecule has 8 heteroatoms. The molecule has 0 bridgehead atoms. The number of benzene rings is 3. The zero-order valence-electron chi connectivity index (χ0n) is 28.0. The Bertz CT molecular complexity index is 1160. The molecule has 0 aliphatic carbocycles. The highest BCUT2D eigenvalue weighted by molar-refractivity contribution is 7.40. The number of halogens is 1. The van der Waals surface area contributed by atoms with Gasteiger partial charge in [0.2, 0.25) is 7.38 Å². The van der Waals surface area contributed by atoms with Crippen molar-refractivity contribution in [2.24, 2.45) is 0 Å². The van der Waals surface area contributed by atoms with Crippen LogP contribution in [-0.4, -0.2) is 92.0 Å². The molecule has 41 heavy (non-hydrogen) atoms. The van der Waals surface area contributed by atoms with Crippen molar-refractivity contribution in [3.05, 3.63) is 53.1 Å². The van der Waals surface area contributed by atoms with Gasteiger partial charge >= 0.3 is 0 Å². The van der Waals surface area contributed by atoms with Crippen LogP contribution in [0.1, 0.15) is 16.7 Å². The molecule has 0 fully saturated rings. The zero-order valence-corrected chi connectivity index (χ0v) is 29.8. The first-order valence-electron chi connectivity index (χ1n) is 14.1. The summed E-state index contributed by atoms with van der Waals surface area (Å²) < 4.78 is 0. The van der Waals surface area contributed by atoms with E-state index < -0.39 is 7.38 Å². The Labute approximate surface area is 255 Å². The fraction of sp³-hybridized carbons (Fsp3) is 0.455. The first kappa shape index (κ1) is 32.5. The third kappa shape index (κ3) is 5.98. The summed E-state index contributed by atoms with van der Waals surface area (Å²) in [6, 6.07) is 14.0. The summed E-state index contributed by atoms with van der Waals surface area (Å²) >= 11 is 8.36. The van der Waals surface area contributed by atoms with Crippen LogP contribution in [0.5, 0.6) is 0 Å². The van der Waals surface area contributed by atoms with Gasteiger partial charge in [-0.25, -0.2) is 0 Å². The van der Waals surface area contributed by atoms with Crippen LogP contribution in [0.25, 0.3) is 0 Å². The van der Waals surface area contributed by atoms with Gasteiger partial charge in [-0.1, -0.05) is 0 Å². The summed E-state index contributed by atoms with van der Waals surface area (Å²) in [5, 5.41) is 3.52. The van der Waals surface area contributed by atoms with E-state index in [-0.39, 0.29) is 0 Å². The van der Waals surface area contributed by atoms with E-state index in [0.717, 1.165) is 0 Å². The van der Waals surface area contributed by atoms with Crippen molar-refractivity contribution in [2.45, 2.75) is 20.8 Å². The van der Waals surface area contributed by atoms with Gasteiger partial charge in [-0.15, -0.1) is 11.1 Å². The van der Waals surface area contributed by atoms with Crippen LogP contribution in [-0.2, 0) is 0 Å². The Kier molecular flexibility index (Phi) is 9.56. The van der Waals surface area contributed by atoms with E-state index in [1.54, 1.807) is 0 Å². The molecule has 0 N–H and O–H groups in total. The number of nitrogens with zero attached hydrogens (tertiary/aromatic N) is 6. The normalized spacial score (nSPS) is 11.4. The average molecular weight is 595 g/mol. The van der Waals surface area contributed by atoms with Gasteiger partial charge in [0, 0.05) is 119 Å². The Hall–Kier alpha value is -3.03. The average Bonchev–Trinajstić information content (AvgIpc) is 2.87. The molecular weight excluding hydrogens is 544 g/mol. The highest BCUT2D eigenvalue weighted by Gasteiger charge is 2.41. The van der Waals surface area contributed by atoms with Crippen LogP contribution in [0.4, 0.5) is 34.1 Å². The first-order chi connectivity index (χ1) is 18.9. The van der Waals surface area contributed by atoms with Crippen molar-refractivity contribution in [3.63, 3.8) is 0 Å². The van der Waals surface area contributed by atoms with E-state index in [4.69, 9.17) is 11.1 Å². The largest absolute Gasteiger partial charge is 0.377 e. The summed E-state index contributed by atoms with van der Waals surface area (Å²) in [6.45, 7) is 6.60. The second-order valence-electron chi connectivity index (χ2n) is 12.4. The molecule has 3 rings (SSSR count). The minimum absolute atomic E-state index is 1.17. The molecule has 3 aromatic rings. The third-order valence-electron chi connectivity index (χ3n) is 8.14. The lowest BCUT2D eigenvalue weighted by Gasteiger charge is -2.34. The maximum atomic E-state index is 8.36. The van der Waals surface area contributed by atoms with Crippen molar-refractivity contribution < 1.29 is 0 Å². The lowest BCUT2D eigenvalue weighted by Crippen LogP contribution is -2.63. The van der Waals surface area contributed by atoms with Crippen molar-refractivity contribution in [3.8, 4) is 0 Å². The lowest BCUT2D eigenvalue weighted by atomic mass is 10.1. The fourth-order valence-electron chi connectivity index (χ4n) is 5.94. The molecule has 0 radical (unpaired) electrons. The Morgan fingerprint density at radius 2 is 0.512 bits per heavy atom. The quantitative estimate of drug-likeness (QED) is 0.208. The van der Waals surface area contributed by atoms with E-state index in [2.05, 4.69) is 171 Å². The molecule has 0 aliphatic heterocycles. The maximum absolute atomic E-state index is 8.36. The molecule has 0 saturated heterocycles. The Morgan fingerprint density at radius 1 is 0.366 bits per heavy atom. The number of anilines is 6. The van der Waals surface area contributed by atoms with Crippen molar-refractivity contribution >= 4 is 68.1 Å². The van der Waals surface area contributed by atoms with Crippen LogP contribution in [0.3, 0.4) is 0 Å². The van der Waals surface area contributed by atoms with Gasteiger partial charge in [0.25, 0.3) is 0 Å². The van der Waals surface area contributed by atoms with E-state index in [9.17, 15) is 0 Å². The van der Waals surface area contributed by atoms with Gasteiger partial charge in [-0.2, -0.15) is 0 Å². The first-order valence-corrected chi connectivity index (χ1v) is 17.1. The topological polar surface area (TPSA) is 19.4 Å². The van der Waals surface area contributed by atoms with Gasteiger partial charge < -0.3 is 29.4 Å². The summed E-state index contributed by atoms with van der Waals surface area (Å²) in [5.41, 5.74) is 10.8. The molecule has 0 unspecified atom stereocenters. The molecular formula is C33H51ClN6Si. The predicted octanol–water partition coefficient (Wildman–Crippen LogP) is 4.21. The maximum Gasteiger partial charge on any atom is 0.248 e. The molecule has 0 atom stereocenters. The summed E-state index contributed by atoms with van der Waals surface area (Å²) in [6.07, 6.45) is 0. The van der Waals surface area contributed by atoms with E-state index in [0.29, 0.717) is 0 Å². The third-order valence-corrected chi connectivity index (χ3v) is 13.4. The number of hydrogen-bond acceptors (Lipinski definition) is 6. The number of rotatable bonds is 9. The van der Waals surface area contributed by atoms with Crippen LogP contribution >= 0.6 is 11.1 Å². The standard InChI is InChI=1S/C33H51ClN6Si/c1-22-28(35(4)5)16-25(17-29(22)36(6)7)41(34,26-18-30(37(8)9)23(2)31(19-26)38(10)11)27-20-32(39(12)13)24(3)33(21-27)40(14)15/h16-21H,1-15H3. The van der Waals surface area contributed by atoms with Gasteiger partial charge in [-0.3, -0.25) is 0 Å². The SMILES string of the molecule is Cc1c(N(C)C)cc([Si](Cl)(c2cc(N(C)C)c(C)c(N(C)C)c2)c2cc(N(C)C)c(C)c(N(C)C)c2)cc1N(C)C. The second kappa shape index (κ2) is 12.1. The van der Waals surface area contributed by atoms with E-state index >= 15 is 0 Å². The summed E-state index contributed by atoms with van der Waals surface area (Å²) in [4.78, 5) is 13.2. The predicted molar refractivity (Wildman–Crippen MR) is 190 cm³/mol. The Balaban J connectivity index is 2.63. The van der Waals surface area contributed by atoms with Gasteiger partial charge in [0.05, 0.1) is 0 Å². The molecule has 0 amide bonds. The zero-order chi connectivity index (χ0) is 31.1. The highest BCUT2D eigenvalue weighted by Crippen LogP contribution is 2.34. The summed E-state index contributed by atoms with van der Waals surface area (Å²) in [5.74, 6) is 0. The van der Waals surface area contributed by atoms with Crippen LogP contribution in [0.15, 0.2) is 36.4 Å². The van der Waals surface area contributed by atoms with E-state index in [1.165, 1.54) is 66.4 Å². The monoisotopic (exact) mass is 594 g/mol. The minimum atomic E-state index is -3.10. The molecule has 3 aromatic carbocycles. The van der Waals surface area contributed by atoms with Crippen molar-refractivity contribution in [1.29, 1.82) is 0 Å². The van der Waals surface area contributed by atoms with Crippen LogP contribution in [0.2, 0.25) is 0 Å². The van der Waals surface area contributed by atoms with Gasteiger partial charge in [0.15, 0.2) is 0 Å². The van der Waals surface area contributed by atoms with Crippen LogP contribution in [0, 0.1) is 20.8 Å². The Morgan fingerprint density at radius 3 is 0.634 bits per heavy atom. The molecule has 0 saturated carbocycles. The molecule has 224 valence electrons. The molecule has 6 nitrogen and oxygen atoms in total. The summed E-state index contributed by atoms with van der Waals surface area (Å²) in [7, 11) is 22.3. The van der Waals surface area contributed by atoms with Crippen molar-refractivity contribution in [2.75, 3.05) is 114 Å².